The van der Waals surface area contributed by atoms with Crippen molar-refractivity contribution in [3.8, 4) is 11.8 Å². The second kappa shape index (κ2) is 5.78. The van der Waals surface area contributed by atoms with Crippen LogP contribution >= 0.6 is 12.2 Å². The third-order valence-electron chi connectivity index (χ3n) is 3.13. The van der Waals surface area contributed by atoms with E-state index in [4.69, 9.17) is 12.2 Å². The van der Waals surface area contributed by atoms with Gasteiger partial charge in [-0.15, -0.1) is 0 Å². The lowest BCUT2D eigenvalue weighted by Crippen LogP contribution is -2.21. The Morgan fingerprint density at radius 1 is 1.05 bits per heavy atom. The van der Waals surface area contributed by atoms with Crippen molar-refractivity contribution in [1.29, 1.82) is 0 Å². The summed E-state index contributed by atoms with van der Waals surface area (Å²) in [5.74, 6) is 6.02. The Morgan fingerprint density at radius 2 is 1.76 bits per heavy atom. The Labute approximate surface area is 126 Å². The minimum Gasteiger partial charge on any atom is -0.332 e. The molecule has 0 spiro atoms. The molecule has 3 rings (SSSR count). The molecule has 1 aromatic heterocycles. The number of para-hydroxylation sites is 1. The first-order valence-electron chi connectivity index (χ1n) is 6.51. The Hall–Kier alpha value is -2.64. The zero-order valence-corrected chi connectivity index (χ0v) is 12.0. The van der Waals surface area contributed by atoms with Crippen LogP contribution in [0.3, 0.4) is 0 Å². The molecule has 0 saturated carbocycles. The number of fused-ring (bicyclic) bond motifs is 1. The molecule has 0 fully saturated rings. The molecule has 0 aliphatic heterocycles. The van der Waals surface area contributed by atoms with Crippen LogP contribution in [-0.4, -0.2) is 9.55 Å². The first kappa shape index (κ1) is 13.3. The summed E-state index contributed by atoms with van der Waals surface area (Å²) in [7, 11) is 0. The molecule has 21 heavy (non-hydrogen) atoms. The SMILES string of the molecule is O=c1c2ccccc2[nH]c(=S)n1CC#Cc1ccccc1. The van der Waals surface area contributed by atoms with E-state index in [0.29, 0.717) is 10.2 Å². The molecule has 0 unspecified atom stereocenters. The summed E-state index contributed by atoms with van der Waals surface area (Å²) in [6.45, 7) is 0.272. The van der Waals surface area contributed by atoms with Crippen molar-refractivity contribution in [2.45, 2.75) is 6.54 Å². The van der Waals surface area contributed by atoms with E-state index in [0.717, 1.165) is 11.1 Å². The average molecular weight is 292 g/mol. The molecule has 3 aromatic rings. The van der Waals surface area contributed by atoms with E-state index in [9.17, 15) is 4.79 Å². The Balaban J connectivity index is 2.01. The maximum absolute atomic E-state index is 12.4. The van der Waals surface area contributed by atoms with Crippen LogP contribution in [0.1, 0.15) is 5.56 Å². The fourth-order valence-corrected chi connectivity index (χ4v) is 2.34. The highest BCUT2D eigenvalue weighted by Gasteiger charge is 2.03. The summed E-state index contributed by atoms with van der Waals surface area (Å²) >= 11 is 5.24. The number of aromatic nitrogens is 2. The van der Waals surface area contributed by atoms with Gasteiger partial charge in [-0.3, -0.25) is 9.36 Å². The number of rotatable bonds is 1. The highest BCUT2D eigenvalue weighted by Crippen LogP contribution is 2.05. The summed E-state index contributed by atoms with van der Waals surface area (Å²) in [5.41, 5.74) is 1.55. The van der Waals surface area contributed by atoms with Crippen LogP contribution in [0, 0.1) is 16.6 Å². The lowest BCUT2D eigenvalue weighted by Gasteiger charge is -2.04. The van der Waals surface area contributed by atoms with Gasteiger partial charge in [-0.2, -0.15) is 0 Å². The van der Waals surface area contributed by atoms with Gasteiger partial charge in [-0.1, -0.05) is 42.2 Å². The zero-order valence-electron chi connectivity index (χ0n) is 11.2. The fourth-order valence-electron chi connectivity index (χ4n) is 2.08. The quantitative estimate of drug-likeness (QED) is 0.553. The van der Waals surface area contributed by atoms with Gasteiger partial charge >= 0.3 is 0 Å². The van der Waals surface area contributed by atoms with Gasteiger partial charge in [0.15, 0.2) is 4.77 Å². The Morgan fingerprint density at radius 3 is 2.57 bits per heavy atom. The van der Waals surface area contributed by atoms with Crippen molar-refractivity contribution >= 4 is 23.1 Å². The number of benzene rings is 2. The van der Waals surface area contributed by atoms with Gasteiger partial charge in [-0.25, -0.2) is 0 Å². The topological polar surface area (TPSA) is 37.8 Å². The molecule has 2 aromatic carbocycles. The number of nitrogens with zero attached hydrogens (tertiary/aromatic N) is 1. The Kier molecular flexibility index (Phi) is 3.67. The molecule has 102 valence electrons. The fraction of sp³-hybridized carbons (Fsp3) is 0.0588. The largest absolute Gasteiger partial charge is 0.332 e. The maximum Gasteiger partial charge on any atom is 0.263 e. The van der Waals surface area contributed by atoms with Crippen molar-refractivity contribution in [1.82, 2.24) is 9.55 Å². The van der Waals surface area contributed by atoms with Crippen molar-refractivity contribution in [3.63, 3.8) is 0 Å². The molecule has 0 radical (unpaired) electrons. The molecule has 3 nitrogen and oxygen atoms in total. The van der Waals surface area contributed by atoms with Gasteiger partial charge in [0.25, 0.3) is 5.56 Å². The van der Waals surface area contributed by atoms with Gasteiger partial charge in [-0.05, 0) is 36.5 Å². The third-order valence-corrected chi connectivity index (χ3v) is 3.46. The summed E-state index contributed by atoms with van der Waals surface area (Å²) < 4.78 is 1.87. The van der Waals surface area contributed by atoms with E-state index in [2.05, 4.69) is 16.8 Å². The molecule has 1 heterocycles. The molecular weight excluding hydrogens is 280 g/mol. The van der Waals surface area contributed by atoms with Crippen molar-refractivity contribution in [2.24, 2.45) is 0 Å². The van der Waals surface area contributed by atoms with Crippen molar-refractivity contribution in [3.05, 3.63) is 75.3 Å². The van der Waals surface area contributed by atoms with Crippen LogP contribution in [0.15, 0.2) is 59.4 Å². The van der Waals surface area contributed by atoms with E-state index in [-0.39, 0.29) is 12.1 Å². The van der Waals surface area contributed by atoms with Gasteiger partial charge in [0.2, 0.25) is 0 Å². The standard InChI is InChI=1S/C17H12N2OS/c20-16-14-10-4-5-11-15(14)18-17(21)19(16)12-6-9-13-7-2-1-3-8-13/h1-5,7-8,10-11H,12H2,(H,18,21). The first-order chi connectivity index (χ1) is 10.3. The van der Waals surface area contributed by atoms with E-state index in [1.807, 2.05) is 48.5 Å². The summed E-state index contributed by atoms with van der Waals surface area (Å²) in [6, 6.07) is 17.0. The van der Waals surface area contributed by atoms with Gasteiger partial charge in [0.1, 0.15) is 0 Å². The molecule has 0 aliphatic carbocycles. The predicted molar refractivity (Wildman–Crippen MR) is 86.7 cm³/mol. The van der Waals surface area contributed by atoms with Crippen LogP contribution in [0.25, 0.3) is 10.9 Å². The van der Waals surface area contributed by atoms with E-state index in [1.165, 1.54) is 4.57 Å². The number of nitrogens with one attached hydrogen (secondary N) is 1. The van der Waals surface area contributed by atoms with Crippen LogP contribution < -0.4 is 5.56 Å². The minimum absolute atomic E-state index is 0.114. The molecule has 0 saturated heterocycles. The minimum atomic E-state index is -0.114. The second-order valence-corrected chi connectivity index (χ2v) is 4.92. The predicted octanol–water partition coefficient (Wildman–Crippen LogP) is 3.11. The summed E-state index contributed by atoms with van der Waals surface area (Å²) in [5, 5.41) is 0.618. The molecule has 1 N–H and O–H groups in total. The van der Waals surface area contributed by atoms with Crippen LogP contribution in [0.4, 0.5) is 0 Å². The summed E-state index contributed by atoms with van der Waals surface area (Å²) in [6.07, 6.45) is 0. The van der Waals surface area contributed by atoms with E-state index < -0.39 is 0 Å². The van der Waals surface area contributed by atoms with Gasteiger partial charge in [0.05, 0.1) is 17.4 Å². The Bertz CT molecular complexity index is 959. The van der Waals surface area contributed by atoms with Crippen molar-refractivity contribution in [2.75, 3.05) is 0 Å². The first-order valence-corrected chi connectivity index (χ1v) is 6.92. The number of hydrogen-bond acceptors (Lipinski definition) is 2. The van der Waals surface area contributed by atoms with Crippen LogP contribution in [0.5, 0.6) is 0 Å². The molecule has 0 amide bonds. The highest BCUT2D eigenvalue weighted by molar-refractivity contribution is 7.71. The lowest BCUT2D eigenvalue weighted by atomic mass is 10.2. The number of H-pyrrole nitrogens is 1. The average Bonchev–Trinajstić information content (AvgIpc) is 2.51. The van der Waals surface area contributed by atoms with Gasteiger partial charge in [0, 0.05) is 5.56 Å². The second-order valence-electron chi connectivity index (χ2n) is 4.53. The third kappa shape index (κ3) is 2.78. The molecule has 4 heteroatoms. The molecule has 0 bridgehead atoms. The zero-order chi connectivity index (χ0) is 14.7. The van der Waals surface area contributed by atoms with Crippen LogP contribution in [0.2, 0.25) is 0 Å². The monoisotopic (exact) mass is 292 g/mol. The smallest absolute Gasteiger partial charge is 0.263 e. The van der Waals surface area contributed by atoms with E-state index >= 15 is 0 Å². The molecule has 0 aliphatic rings. The lowest BCUT2D eigenvalue weighted by molar-refractivity contribution is 0.767. The molecular formula is C17H12N2OS. The number of hydrogen-bond donors (Lipinski definition) is 1. The molecule has 0 atom stereocenters. The van der Waals surface area contributed by atoms with Crippen LogP contribution in [-0.2, 0) is 6.54 Å². The van der Waals surface area contributed by atoms with E-state index in [1.54, 1.807) is 6.07 Å². The van der Waals surface area contributed by atoms with Gasteiger partial charge < -0.3 is 4.98 Å². The maximum atomic E-state index is 12.4. The van der Waals surface area contributed by atoms with Crippen molar-refractivity contribution < 1.29 is 0 Å². The number of aromatic amines is 1. The summed E-state index contributed by atoms with van der Waals surface area (Å²) in [4.78, 5) is 15.5. The normalized spacial score (nSPS) is 10.1. The highest BCUT2D eigenvalue weighted by atomic mass is 32.1.